The first-order valence-corrected chi connectivity index (χ1v) is 16.6. The maximum atomic E-state index is 13.1. The fraction of sp³-hybridized carbons (Fsp3) is 0.939. The Hall–Kier alpha value is -1.10. The highest BCUT2D eigenvalue weighted by Crippen LogP contribution is 2.25. The molecule has 0 heterocycles. The fourth-order valence-electron chi connectivity index (χ4n) is 5.32. The largest absolute Gasteiger partial charge is 0.481 e. The number of aliphatic hydroxyl groups is 1. The number of carboxylic acid groups (broad SMARTS) is 1. The van der Waals surface area contributed by atoms with Gasteiger partial charge in [0.15, 0.2) is 6.10 Å². The summed E-state index contributed by atoms with van der Waals surface area (Å²) in [5.41, 5.74) is 0. The molecule has 0 rings (SSSR count). The number of hydrogen-bond donors (Lipinski definition) is 2. The van der Waals surface area contributed by atoms with E-state index in [-0.39, 0.29) is 18.4 Å². The van der Waals surface area contributed by atoms with Gasteiger partial charge >= 0.3 is 11.9 Å². The average molecular weight is 541 g/mol. The summed E-state index contributed by atoms with van der Waals surface area (Å²) in [5, 5.41) is 19.9. The minimum atomic E-state index is -1.02. The van der Waals surface area contributed by atoms with Gasteiger partial charge in [0, 0.05) is 6.42 Å². The molecule has 38 heavy (non-hydrogen) atoms. The van der Waals surface area contributed by atoms with Gasteiger partial charge in [-0.15, -0.1) is 0 Å². The summed E-state index contributed by atoms with van der Waals surface area (Å²) in [5.74, 6) is -1.16. The maximum absolute atomic E-state index is 13.1. The van der Waals surface area contributed by atoms with Crippen LogP contribution in [0.4, 0.5) is 0 Å². The van der Waals surface area contributed by atoms with Gasteiger partial charge in [0.25, 0.3) is 0 Å². The Kier molecular flexibility index (Phi) is 26.7. The van der Waals surface area contributed by atoms with Crippen molar-refractivity contribution in [3.63, 3.8) is 0 Å². The summed E-state index contributed by atoms with van der Waals surface area (Å²) < 4.78 is 5.97. The first kappa shape index (κ1) is 36.9. The fourth-order valence-corrected chi connectivity index (χ4v) is 5.32. The number of aliphatic carboxylic acids is 1. The van der Waals surface area contributed by atoms with Gasteiger partial charge < -0.3 is 14.9 Å². The normalized spacial score (nSPS) is 13.8. The summed E-state index contributed by atoms with van der Waals surface area (Å²) >= 11 is 0. The lowest BCUT2D eigenvalue weighted by Gasteiger charge is -2.25. The molecule has 5 nitrogen and oxygen atoms in total. The van der Waals surface area contributed by atoms with Crippen molar-refractivity contribution in [3.05, 3.63) is 0 Å². The van der Waals surface area contributed by atoms with Crippen molar-refractivity contribution in [1.29, 1.82) is 0 Å². The molecule has 0 radical (unpaired) electrons. The molecule has 0 saturated carbocycles. The number of rotatable bonds is 29. The van der Waals surface area contributed by atoms with Crippen LogP contribution in [0.1, 0.15) is 181 Å². The summed E-state index contributed by atoms with van der Waals surface area (Å²) in [4.78, 5) is 23.8. The zero-order valence-corrected chi connectivity index (χ0v) is 25.5. The van der Waals surface area contributed by atoms with Crippen LogP contribution < -0.4 is 0 Å². The van der Waals surface area contributed by atoms with Crippen LogP contribution in [0.3, 0.4) is 0 Å². The number of ether oxygens (including phenoxy) is 1. The second kappa shape index (κ2) is 27.5. The van der Waals surface area contributed by atoms with Crippen molar-refractivity contribution in [2.24, 2.45) is 5.92 Å². The van der Waals surface area contributed by atoms with Crippen LogP contribution in [0.15, 0.2) is 0 Å². The summed E-state index contributed by atoms with van der Waals surface area (Å²) in [6, 6.07) is 0. The minimum Gasteiger partial charge on any atom is -0.481 e. The highest BCUT2D eigenvalue weighted by molar-refractivity contribution is 5.74. The molecule has 0 spiro atoms. The van der Waals surface area contributed by atoms with Crippen molar-refractivity contribution >= 4 is 11.9 Å². The van der Waals surface area contributed by atoms with Crippen LogP contribution in [0.5, 0.6) is 0 Å². The van der Waals surface area contributed by atoms with E-state index in [1.54, 1.807) is 0 Å². The van der Waals surface area contributed by atoms with Crippen molar-refractivity contribution in [2.75, 3.05) is 0 Å². The van der Waals surface area contributed by atoms with Crippen LogP contribution in [0.2, 0.25) is 0 Å². The summed E-state index contributed by atoms with van der Waals surface area (Å²) in [6.07, 6.45) is 25.1. The van der Waals surface area contributed by atoms with E-state index in [2.05, 4.69) is 20.8 Å². The molecule has 3 atom stereocenters. The molecule has 0 aromatic carbocycles. The topological polar surface area (TPSA) is 83.8 Å². The summed E-state index contributed by atoms with van der Waals surface area (Å²) in [7, 11) is 0. The zero-order valence-electron chi connectivity index (χ0n) is 25.5. The highest BCUT2D eigenvalue weighted by Gasteiger charge is 2.28. The van der Waals surface area contributed by atoms with E-state index in [0.29, 0.717) is 6.42 Å². The molecule has 0 aliphatic rings. The van der Waals surface area contributed by atoms with Crippen molar-refractivity contribution < 1.29 is 24.5 Å². The average Bonchev–Trinajstić information content (AvgIpc) is 2.90. The highest BCUT2D eigenvalue weighted by atomic mass is 16.6. The lowest BCUT2D eigenvalue weighted by atomic mass is 9.89. The van der Waals surface area contributed by atoms with Crippen molar-refractivity contribution in [1.82, 2.24) is 0 Å². The van der Waals surface area contributed by atoms with Crippen molar-refractivity contribution in [2.45, 2.75) is 193 Å². The molecule has 0 amide bonds. The number of carboxylic acids is 1. The number of hydrogen-bond acceptors (Lipinski definition) is 4. The Morgan fingerprint density at radius 3 is 1.34 bits per heavy atom. The predicted octanol–water partition coefficient (Wildman–Crippen LogP) is 9.77. The van der Waals surface area contributed by atoms with E-state index in [1.807, 2.05) is 0 Å². The van der Waals surface area contributed by atoms with Crippen LogP contribution in [0.25, 0.3) is 0 Å². The number of carbonyl (C=O) groups excluding carboxylic acids is 1. The van der Waals surface area contributed by atoms with Gasteiger partial charge in [-0.2, -0.15) is 0 Å². The molecule has 2 N–H and O–H groups in total. The Labute approximate surface area is 235 Å². The molecule has 0 aromatic rings. The number of unbranched alkanes of at least 4 members (excludes halogenated alkanes) is 16. The van der Waals surface area contributed by atoms with Gasteiger partial charge in [-0.3, -0.25) is 4.79 Å². The van der Waals surface area contributed by atoms with Gasteiger partial charge in [-0.25, -0.2) is 4.79 Å². The summed E-state index contributed by atoms with van der Waals surface area (Å²) in [6.45, 7) is 6.66. The number of aliphatic hydroxyl groups excluding tert-OH is 1. The van der Waals surface area contributed by atoms with E-state index >= 15 is 0 Å². The molecular formula is C33H64O5. The van der Waals surface area contributed by atoms with Crippen LogP contribution in [-0.4, -0.2) is 34.4 Å². The SMILES string of the molecule is CCCCCCCCC(CCCCCCC)C(O)C(=O)OC(CCCCCCC)CCCCCCC(=O)O. The van der Waals surface area contributed by atoms with E-state index in [9.17, 15) is 14.7 Å². The van der Waals surface area contributed by atoms with Crippen LogP contribution in [-0.2, 0) is 14.3 Å². The van der Waals surface area contributed by atoms with E-state index < -0.39 is 18.0 Å². The third-order valence-corrected chi connectivity index (χ3v) is 7.87. The van der Waals surface area contributed by atoms with Crippen molar-refractivity contribution in [3.8, 4) is 0 Å². The maximum Gasteiger partial charge on any atom is 0.335 e. The van der Waals surface area contributed by atoms with E-state index in [0.717, 1.165) is 70.6 Å². The van der Waals surface area contributed by atoms with Gasteiger partial charge in [-0.1, -0.05) is 130 Å². The Bertz CT molecular complexity index is 535. The molecule has 3 unspecified atom stereocenters. The van der Waals surface area contributed by atoms with Gasteiger partial charge in [0.1, 0.15) is 6.10 Å². The van der Waals surface area contributed by atoms with E-state index in [4.69, 9.17) is 9.84 Å². The molecule has 5 heteroatoms. The Morgan fingerprint density at radius 1 is 0.553 bits per heavy atom. The second-order valence-corrected chi connectivity index (χ2v) is 11.6. The molecule has 0 bridgehead atoms. The monoisotopic (exact) mass is 540 g/mol. The molecule has 0 aliphatic heterocycles. The second-order valence-electron chi connectivity index (χ2n) is 11.6. The lowest BCUT2D eigenvalue weighted by molar-refractivity contribution is -0.163. The van der Waals surface area contributed by atoms with E-state index in [1.165, 1.54) is 77.0 Å². The third kappa shape index (κ3) is 22.8. The molecule has 0 aliphatic carbocycles. The first-order chi connectivity index (χ1) is 18.5. The molecule has 0 aromatic heterocycles. The smallest absolute Gasteiger partial charge is 0.335 e. The Balaban J connectivity index is 4.84. The van der Waals surface area contributed by atoms with Gasteiger partial charge in [0.2, 0.25) is 0 Å². The minimum absolute atomic E-state index is 0.00322. The quantitative estimate of drug-likeness (QED) is 0.0728. The third-order valence-electron chi connectivity index (χ3n) is 7.87. The van der Waals surface area contributed by atoms with Crippen LogP contribution in [0, 0.1) is 5.92 Å². The standard InChI is InChI=1S/C33H64O5/c1-4-7-10-13-16-20-25-29(24-19-14-11-8-5-2)32(36)33(37)38-30(26-21-15-12-9-6-3)27-22-17-18-23-28-31(34)35/h29-30,32,36H,4-28H2,1-3H3,(H,34,35). The lowest BCUT2D eigenvalue weighted by Crippen LogP contribution is -2.34. The van der Waals surface area contributed by atoms with Crippen LogP contribution >= 0.6 is 0 Å². The first-order valence-electron chi connectivity index (χ1n) is 16.6. The number of esters is 1. The predicted molar refractivity (Wildman–Crippen MR) is 159 cm³/mol. The molecule has 0 fully saturated rings. The van der Waals surface area contributed by atoms with Gasteiger partial charge in [0.05, 0.1) is 0 Å². The van der Waals surface area contributed by atoms with Gasteiger partial charge in [-0.05, 0) is 50.9 Å². The molecule has 0 saturated heterocycles. The zero-order chi connectivity index (χ0) is 28.3. The Morgan fingerprint density at radius 2 is 0.921 bits per heavy atom. The number of carbonyl (C=O) groups is 2. The molecular weight excluding hydrogens is 476 g/mol. The molecule has 226 valence electrons.